The largest absolute Gasteiger partial charge is 0.326 e. The topological polar surface area (TPSA) is 81.3 Å². The molecular formula is C24H23N5O2. The molecule has 1 N–H and O–H groups in total. The quantitative estimate of drug-likeness (QED) is 0.490. The van der Waals surface area contributed by atoms with Crippen LogP contribution in [-0.4, -0.2) is 25.1 Å². The minimum atomic E-state index is -0.345. The van der Waals surface area contributed by atoms with Crippen molar-refractivity contribution in [2.45, 2.75) is 26.8 Å². The standard InChI is InChI=1S/C24H23N5O2/c1-4-13-28-17(3)20(15-21(30)25-19-12-8-9-16(2)14-19)23(31)29-24(28)26-22(27-29)18-10-6-5-7-11-18/h4-12,14H,1,13,15H2,2-3H3,(H,25,30). The van der Waals surface area contributed by atoms with Crippen molar-refractivity contribution < 1.29 is 4.79 Å². The Kier molecular flexibility index (Phi) is 5.49. The molecule has 0 saturated carbocycles. The van der Waals surface area contributed by atoms with E-state index in [0.29, 0.717) is 35.1 Å². The second-order valence-corrected chi connectivity index (χ2v) is 7.38. The first-order valence-electron chi connectivity index (χ1n) is 10.00. The third kappa shape index (κ3) is 4.02. The summed E-state index contributed by atoms with van der Waals surface area (Å²) in [6, 6.07) is 17.0. The van der Waals surface area contributed by atoms with Gasteiger partial charge in [0.1, 0.15) is 0 Å². The van der Waals surface area contributed by atoms with E-state index in [4.69, 9.17) is 0 Å². The average molecular weight is 413 g/mol. The highest BCUT2D eigenvalue weighted by Gasteiger charge is 2.20. The van der Waals surface area contributed by atoms with Crippen LogP contribution in [0, 0.1) is 13.8 Å². The summed E-state index contributed by atoms with van der Waals surface area (Å²) in [7, 11) is 0. The predicted molar refractivity (Wildman–Crippen MR) is 121 cm³/mol. The van der Waals surface area contributed by atoms with E-state index in [-0.39, 0.29) is 17.9 Å². The molecule has 156 valence electrons. The number of carbonyl (C=O) groups is 1. The second kappa shape index (κ2) is 8.39. The number of hydrogen-bond acceptors (Lipinski definition) is 4. The Morgan fingerprint density at radius 3 is 2.61 bits per heavy atom. The Hall–Kier alpha value is -4.00. The van der Waals surface area contributed by atoms with Crippen LogP contribution in [0.1, 0.15) is 16.8 Å². The van der Waals surface area contributed by atoms with Crippen LogP contribution in [0.5, 0.6) is 0 Å². The fraction of sp³-hybridized carbons (Fsp3) is 0.167. The van der Waals surface area contributed by atoms with Gasteiger partial charge in [0.25, 0.3) is 5.56 Å². The molecule has 1 amide bonds. The van der Waals surface area contributed by atoms with Crippen molar-refractivity contribution in [1.29, 1.82) is 0 Å². The first-order valence-corrected chi connectivity index (χ1v) is 10.00. The fourth-order valence-corrected chi connectivity index (χ4v) is 3.56. The van der Waals surface area contributed by atoms with Gasteiger partial charge in [-0.2, -0.15) is 9.50 Å². The molecule has 0 aliphatic carbocycles. The lowest BCUT2D eigenvalue weighted by molar-refractivity contribution is -0.115. The van der Waals surface area contributed by atoms with Crippen molar-refractivity contribution >= 4 is 17.4 Å². The van der Waals surface area contributed by atoms with Gasteiger partial charge >= 0.3 is 0 Å². The van der Waals surface area contributed by atoms with Crippen LogP contribution in [0.4, 0.5) is 5.69 Å². The Balaban J connectivity index is 1.77. The van der Waals surface area contributed by atoms with Crippen molar-refractivity contribution in [2.24, 2.45) is 0 Å². The maximum Gasteiger partial charge on any atom is 0.279 e. The molecule has 0 unspecified atom stereocenters. The van der Waals surface area contributed by atoms with Crippen LogP contribution in [-0.2, 0) is 17.8 Å². The molecule has 0 radical (unpaired) electrons. The third-order valence-corrected chi connectivity index (χ3v) is 5.11. The maximum absolute atomic E-state index is 13.2. The fourth-order valence-electron chi connectivity index (χ4n) is 3.56. The number of nitrogens with zero attached hydrogens (tertiary/aromatic N) is 4. The number of anilines is 1. The van der Waals surface area contributed by atoms with Gasteiger partial charge in [-0.05, 0) is 31.5 Å². The van der Waals surface area contributed by atoms with Crippen LogP contribution >= 0.6 is 0 Å². The summed E-state index contributed by atoms with van der Waals surface area (Å²) >= 11 is 0. The summed E-state index contributed by atoms with van der Waals surface area (Å²) in [5, 5.41) is 7.30. The number of fused-ring (bicyclic) bond motifs is 1. The number of amides is 1. The number of carbonyl (C=O) groups excluding carboxylic acids is 1. The molecule has 2 aromatic heterocycles. The summed E-state index contributed by atoms with van der Waals surface area (Å²) < 4.78 is 3.12. The summed E-state index contributed by atoms with van der Waals surface area (Å²) in [5.41, 5.74) is 3.25. The van der Waals surface area contributed by atoms with Gasteiger partial charge in [0.15, 0.2) is 5.82 Å². The zero-order chi connectivity index (χ0) is 22.0. The van der Waals surface area contributed by atoms with E-state index in [1.807, 2.05) is 73.0 Å². The van der Waals surface area contributed by atoms with Crippen molar-refractivity contribution in [3.8, 4) is 11.4 Å². The number of benzene rings is 2. The van der Waals surface area contributed by atoms with Crippen LogP contribution in [0.2, 0.25) is 0 Å². The molecule has 0 aliphatic rings. The van der Waals surface area contributed by atoms with Crippen molar-refractivity contribution in [3.63, 3.8) is 0 Å². The first kappa shape index (κ1) is 20.3. The van der Waals surface area contributed by atoms with Gasteiger partial charge in [-0.15, -0.1) is 11.7 Å². The molecule has 31 heavy (non-hydrogen) atoms. The van der Waals surface area contributed by atoms with Crippen molar-refractivity contribution in [3.05, 3.63) is 94.4 Å². The molecule has 4 aromatic rings. The average Bonchev–Trinajstić information content (AvgIpc) is 3.20. The van der Waals surface area contributed by atoms with Gasteiger partial charge in [0.05, 0.1) is 6.42 Å². The molecule has 0 saturated heterocycles. The number of hydrogen-bond donors (Lipinski definition) is 1. The highest BCUT2D eigenvalue weighted by atomic mass is 16.2. The zero-order valence-corrected chi connectivity index (χ0v) is 17.5. The lowest BCUT2D eigenvalue weighted by Gasteiger charge is -2.14. The molecule has 0 fully saturated rings. The van der Waals surface area contributed by atoms with Crippen LogP contribution in [0.3, 0.4) is 0 Å². The summed E-state index contributed by atoms with van der Waals surface area (Å²) in [6.07, 6.45) is 1.66. The van der Waals surface area contributed by atoms with E-state index in [1.165, 1.54) is 4.52 Å². The van der Waals surface area contributed by atoms with Crippen LogP contribution in [0.25, 0.3) is 17.2 Å². The van der Waals surface area contributed by atoms with E-state index < -0.39 is 0 Å². The van der Waals surface area contributed by atoms with Crippen molar-refractivity contribution in [1.82, 2.24) is 19.2 Å². The van der Waals surface area contributed by atoms with Crippen LogP contribution in [0.15, 0.2) is 72.0 Å². The van der Waals surface area contributed by atoms with Gasteiger partial charge in [-0.25, -0.2) is 0 Å². The third-order valence-electron chi connectivity index (χ3n) is 5.11. The molecule has 0 aliphatic heterocycles. The van der Waals surface area contributed by atoms with E-state index in [1.54, 1.807) is 6.08 Å². The highest BCUT2D eigenvalue weighted by Crippen LogP contribution is 2.17. The maximum atomic E-state index is 13.2. The Morgan fingerprint density at radius 1 is 1.13 bits per heavy atom. The van der Waals surface area contributed by atoms with Gasteiger partial charge in [0, 0.05) is 29.1 Å². The molecule has 0 bridgehead atoms. The molecule has 4 rings (SSSR count). The number of aryl methyl sites for hydroxylation is 1. The second-order valence-electron chi connectivity index (χ2n) is 7.38. The summed E-state index contributed by atoms with van der Waals surface area (Å²) in [6.45, 7) is 8.02. The smallest absolute Gasteiger partial charge is 0.279 e. The highest BCUT2D eigenvalue weighted by molar-refractivity contribution is 5.92. The summed E-state index contributed by atoms with van der Waals surface area (Å²) in [5.74, 6) is 0.610. The Morgan fingerprint density at radius 2 is 1.90 bits per heavy atom. The molecular weight excluding hydrogens is 390 g/mol. The summed E-state index contributed by atoms with van der Waals surface area (Å²) in [4.78, 5) is 30.5. The number of rotatable bonds is 6. The van der Waals surface area contributed by atoms with Gasteiger partial charge < -0.3 is 9.88 Å². The minimum absolute atomic E-state index is 0.0633. The SMILES string of the molecule is C=CCn1c(C)c(CC(=O)Nc2cccc(C)c2)c(=O)n2nc(-c3ccccc3)nc12. The molecule has 0 spiro atoms. The number of nitrogens with one attached hydrogen (secondary N) is 1. The lowest BCUT2D eigenvalue weighted by Crippen LogP contribution is -2.29. The van der Waals surface area contributed by atoms with Gasteiger partial charge in [-0.3, -0.25) is 9.59 Å². The first-order chi connectivity index (χ1) is 15.0. The Bertz CT molecular complexity index is 1340. The van der Waals surface area contributed by atoms with Gasteiger partial charge in [0.2, 0.25) is 11.7 Å². The molecule has 2 heterocycles. The molecule has 0 atom stereocenters. The van der Waals surface area contributed by atoms with E-state index in [9.17, 15) is 9.59 Å². The molecule has 2 aromatic carbocycles. The van der Waals surface area contributed by atoms with Crippen molar-refractivity contribution in [2.75, 3.05) is 5.32 Å². The molecule has 7 heteroatoms. The van der Waals surface area contributed by atoms with E-state index >= 15 is 0 Å². The number of aromatic nitrogens is 4. The number of allylic oxidation sites excluding steroid dienone is 1. The van der Waals surface area contributed by atoms with Crippen LogP contribution < -0.4 is 10.9 Å². The zero-order valence-electron chi connectivity index (χ0n) is 17.5. The van der Waals surface area contributed by atoms with Gasteiger partial charge in [-0.1, -0.05) is 48.5 Å². The van der Waals surface area contributed by atoms with E-state index in [2.05, 4.69) is 22.0 Å². The predicted octanol–water partition coefficient (Wildman–Crippen LogP) is 3.54. The lowest BCUT2D eigenvalue weighted by atomic mass is 10.1. The minimum Gasteiger partial charge on any atom is -0.326 e. The molecule has 7 nitrogen and oxygen atoms in total. The van der Waals surface area contributed by atoms with E-state index in [0.717, 1.165) is 11.1 Å². The normalized spacial score (nSPS) is 10.9. The Labute approximate surface area is 179 Å². The monoisotopic (exact) mass is 413 g/mol.